The SMILES string of the molecule is CCCN1Cc2cccc(C(=O)Nc3ccc(OC)cc3)c2C1=O. The molecule has 0 fully saturated rings. The van der Waals surface area contributed by atoms with E-state index in [1.54, 1.807) is 42.3 Å². The highest BCUT2D eigenvalue weighted by Crippen LogP contribution is 2.27. The van der Waals surface area contributed by atoms with E-state index in [2.05, 4.69) is 5.32 Å². The minimum atomic E-state index is -0.274. The summed E-state index contributed by atoms with van der Waals surface area (Å²) in [5, 5.41) is 2.84. The first-order valence-electron chi connectivity index (χ1n) is 8.00. The molecule has 0 saturated heterocycles. The van der Waals surface area contributed by atoms with Gasteiger partial charge in [0.25, 0.3) is 11.8 Å². The number of hydrogen-bond acceptors (Lipinski definition) is 3. The Bertz CT molecular complexity index is 769. The minimum absolute atomic E-state index is 0.0627. The average molecular weight is 324 g/mol. The molecule has 0 aliphatic carbocycles. The van der Waals surface area contributed by atoms with E-state index >= 15 is 0 Å². The zero-order valence-corrected chi connectivity index (χ0v) is 13.8. The smallest absolute Gasteiger partial charge is 0.256 e. The Kier molecular flexibility index (Phi) is 4.51. The average Bonchev–Trinajstić information content (AvgIpc) is 2.92. The van der Waals surface area contributed by atoms with Crippen LogP contribution in [-0.2, 0) is 6.54 Å². The van der Waals surface area contributed by atoms with Crippen molar-refractivity contribution in [1.29, 1.82) is 0 Å². The Labute approximate surface area is 141 Å². The van der Waals surface area contributed by atoms with E-state index in [-0.39, 0.29) is 11.8 Å². The standard InChI is InChI=1S/C19H20N2O3/c1-3-11-21-12-13-5-4-6-16(17(13)19(21)23)18(22)20-14-7-9-15(24-2)10-8-14/h4-10H,3,11-12H2,1-2H3,(H,20,22). The number of nitrogens with one attached hydrogen (secondary N) is 1. The van der Waals surface area contributed by atoms with Crippen molar-refractivity contribution in [3.8, 4) is 5.75 Å². The fraction of sp³-hybridized carbons (Fsp3) is 0.263. The van der Waals surface area contributed by atoms with Gasteiger partial charge in [0.2, 0.25) is 0 Å². The maximum absolute atomic E-state index is 12.6. The molecule has 1 aliphatic heterocycles. The maximum atomic E-state index is 12.6. The van der Waals surface area contributed by atoms with Gasteiger partial charge in [-0.3, -0.25) is 9.59 Å². The van der Waals surface area contributed by atoms with Gasteiger partial charge in [0.15, 0.2) is 0 Å². The highest BCUT2D eigenvalue weighted by Gasteiger charge is 2.31. The molecule has 0 unspecified atom stereocenters. The van der Waals surface area contributed by atoms with Crippen LogP contribution < -0.4 is 10.1 Å². The number of nitrogens with zero attached hydrogens (tertiary/aromatic N) is 1. The Morgan fingerprint density at radius 2 is 1.96 bits per heavy atom. The molecule has 0 bridgehead atoms. The van der Waals surface area contributed by atoms with Gasteiger partial charge in [-0.15, -0.1) is 0 Å². The van der Waals surface area contributed by atoms with Crippen LogP contribution in [0.25, 0.3) is 0 Å². The first-order valence-corrected chi connectivity index (χ1v) is 8.00. The molecule has 3 rings (SSSR count). The molecule has 2 aromatic carbocycles. The third kappa shape index (κ3) is 2.97. The van der Waals surface area contributed by atoms with Gasteiger partial charge >= 0.3 is 0 Å². The highest BCUT2D eigenvalue weighted by atomic mass is 16.5. The second kappa shape index (κ2) is 6.74. The lowest BCUT2D eigenvalue weighted by Crippen LogP contribution is -2.26. The van der Waals surface area contributed by atoms with Crippen LogP contribution >= 0.6 is 0 Å². The Balaban J connectivity index is 1.84. The lowest BCUT2D eigenvalue weighted by molar-refractivity contribution is 0.0774. The lowest BCUT2D eigenvalue weighted by Gasteiger charge is -2.14. The Morgan fingerprint density at radius 3 is 2.62 bits per heavy atom. The molecular weight excluding hydrogens is 304 g/mol. The van der Waals surface area contributed by atoms with E-state index < -0.39 is 0 Å². The van der Waals surface area contributed by atoms with Crippen molar-refractivity contribution in [2.75, 3.05) is 19.0 Å². The molecule has 124 valence electrons. The number of carbonyl (C=O) groups is 2. The van der Waals surface area contributed by atoms with Gasteiger partial charge in [0.05, 0.1) is 18.2 Å². The number of fused-ring (bicyclic) bond motifs is 1. The molecule has 1 heterocycles. The van der Waals surface area contributed by atoms with Gasteiger partial charge in [-0.1, -0.05) is 19.1 Å². The summed E-state index contributed by atoms with van der Waals surface area (Å²) in [6.07, 6.45) is 0.896. The maximum Gasteiger partial charge on any atom is 0.256 e. The summed E-state index contributed by atoms with van der Waals surface area (Å²) in [5.74, 6) is 0.384. The number of benzene rings is 2. The van der Waals surface area contributed by atoms with Crippen LogP contribution in [0.4, 0.5) is 5.69 Å². The van der Waals surface area contributed by atoms with Crippen molar-refractivity contribution in [2.45, 2.75) is 19.9 Å². The molecule has 5 nitrogen and oxygen atoms in total. The number of amides is 2. The van der Waals surface area contributed by atoms with Crippen molar-refractivity contribution in [3.63, 3.8) is 0 Å². The summed E-state index contributed by atoms with van der Waals surface area (Å²) in [7, 11) is 1.59. The summed E-state index contributed by atoms with van der Waals surface area (Å²) in [6.45, 7) is 3.31. The molecular formula is C19H20N2O3. The molecule has 0 atom stereocenters. The summed E-state index contributed by atoms with van der Waals surface area (Å²) in [4.78, 5) is 27.0. The molecule has 1 N–H and O–H groups in total. The molecule has 5 heteroatoms. The molecule has 0 aromatic heterocycles. The van der Waals surface area contributed by atoms with Crippen molar-refractivity contribution in [3.05, 3.63) is 59.2 Å². The Hall–Kier alpha value is -2.82. The van der Waals surface area contributed by atoms with E-state index in [9.17, 15) is 9.59 Å². The molecule has 2 aromatic rings. The van der Waals surface area contributed by atoms with Crippen LogP contribution in [0.2, 0.25) is 0 Å². The second-order valence-corrected chi connectivity index (χ2v) is 5.75. The van der Waals surface area contributed by atoms with Crippen molar-refractivity contribution >= 4 is 17.5 Å². The largest absolute Gasteiger partial charge is 0.497 e. The van der Waals surface area contributed by atoms with Crippen LogP contribution in [0.1, 0.15) is 39.6 Å². The van der Waals surface area contributed by atoms with Crippen molar-refractivity contribution in [2.24, 2.45) is 0 Å². The topological polar surface area (TPSA) is 58.6 Å². The van der Waals surface area contributed by atoms with Crippen LogP contribution in [-0.4, -0.2) is 30.4 Å². The predicted molar refractivity (Wildman–Crippen MR) is 92.4 cm³/mol. The van der Waals surface area contributed by atoms with Gasteiger partial charge in [-0.25, -0.2) is 0 Å². The number of hydrogen-bond donors (Lipinski definition) is 1. The van der Waals surface area contributed by atoms with E-state index in [0.29, 0.717) is 29.9 Å². The molecule has 0 spiro atoms. The van der Waals surface area contributed by atoms with E-state index in [0.717, 1.165) is 17.7 Å². The predicted octanol–water partition coefficient (Wildman–Crippen LogP) is 3.31. The van der Waals surface area contributed by atoms with Gasteiger partial charge < -0.3 is 15.0 Å². The molecule has 0 saturated carbocycles. The molecule has 24 heavy (non-hydrogen) atoms. The van der Waals surface area contributed by atoms with E-state index in [1.165, 1.54) is 0 Å². The normalized spacial score (nSPS) is 12.9. The van der Waals surface area contributed by atoms with E-state index in [1.807, 2.05) is 19.1 Å². The van der Waals surface area contributed by atoms with Crippen LogP contribution in [0.5, 0.6) is 5.75 Å². The van der Waals surface area contributed by atoms with Crippen molar-refractivity contribution < 1.29 is 14.3 Å². The first kappa shape index (κ1) is 16.1. The number of methoxy groups -OCH3 is 1. The summed E-state index contributed by atoms with van der Waals surface area (Å²) in [6, 6.07) is 12.5. The first-order chi connectivity index (χ1) is 11.6. The number of anilines is 1. The van der Waals surface area contributed by atoms with Gasteiger partial charge in [-0.05, 0) is 42.3 Å². The van der Waals surface area contributed by atoms with Crippen LogP contribution in [0.15, 0.2) is 42.5 Å². The van der Waals surface area contributed by atoms with Gasteiger partial charge in [0, 0.05) is 18.8 Å². The third-order valence-electron chi connectivity index (χ3n) is 4.10. The summed E-state index contributed by atoms with van der Waals surface area (Å²) in [5.41, 5.74) is 2.52. The Morgan fingerprint density at radius 1 is 1.21 bits per heavy atom. The van der Waals surface area contributed by atoms with Gasteiger partial charge in [0.1, 0.15) is 5.75 Å². The number of rotatable bonds is 5. The van der Waals surface area contributed by atoms with Gasteiger partial charge in [-0.2, -0.15) is 0 Å². The summed E-state index contributed by atoms with van der Waals surface area (Å²) >= 11 is 0. The van der Waals surface area contributed by atoms with E-state index in [4.69, 9.17) is 4.74 Å². The molecule has 1 aliphatic rings. The number of carbonyl (C=O) groups excluding carboxylic acids is 2. The monoisotopic (exact) mass is 324 g/mol. The molecule has 0 radical (unpaired) electrons. The summed E-state index contributed by atoms with van der Waals surface area (Å²) < 4.78 is 5.11. The zero-order chi connectivity index (χ0) is 17.1. The van der Waals surface area contributed by atoms with Crippen molar-refractivity contribution in [1.82, 2.24) is 4.90 Å². The second-order valence-electron chi connectivity index (χ2n) is 5.75. The molecule has 2 amide bonds. The lowest BCUT2D eigenvalue weighted by atomic mass is 10.0. The fourth-order valence-electron chi connectivity index (χ4n) is 2.93. The quantitative estimate of drug-likeness (QED) is 0.918. The third-order valence-corrected chi connectivity index (χ3v) is 4.10. The highest BCUT2D eigenvalue weighted by molar-refractivity contribution is 6.13. The zero-order valence-electron chi connectivity index (χ0n) is 13.8. The van der Waals surface area contributed by atoms with Crippen LogP contribution in [0, 0.1) is 0 Å². The number of ether oxygens (including phenoxy) is 1. The minimum Gasteiger partial charge on any atom is -0.497 e. The fourth-order valence-corrected chi connectivity index (χ4v) is 2.93. The van der Waals surface area contributed by atoms with Crippen LogP contribution in [0.3, 0.4) is 0 Å².